The molecule has 0 bridgehead atoms. The van der Waals surface area contributed by atoms with Crippen molar-refractivity contribution in [1.29, 1.82) is 0 Å². The topological polar surface area (TPSA) is 34.9 Å². The van der Waals surface area contributed by atoms with Crippen LogP contribution in [0, 0.1) is 6.07 Å². The van der Waals surface area contributed by atoms with Gasteiger partial charge in [0.2, 0.25) is 5.56 Å². The van der Waals surface area contributed by atoms with Crippen LogP contribution in [-0.2, 0) is 39.1 Å². The van der Waals surface area contributed by atoms with Crippen LogP contribution in [0.4, 0.5) is 0 Å². The molecule has 4 heteroatoms. The molecular weight excluding hydrogens is 277 g/mol. The summed E-state index contributed by atoms with van der Waals surface area (Å²) in [6.07, 6.45) is 4.34. The predicted molar refractivity (Wildman–Crippen MR) is 58.0 cm³/mol. The quantitative estimate of drug-likeness (QED) is 0.787. The van der Waals surface area contributed by atoms with Gasteiger partial charge in [0, 0.05) is 50.8 Å². The predicted octanol–water partition coefficient (Wildman–Crippen LogP) is 1.59. The van der Waals surface area contributed by atoms with Crippen LogP contribution in [0.3, 0.4) is 0 Å². The molecule has 0 atom stereocenters. The second-order valence-electron chi connectivity index (χ2n) is 3.19. The molecule has 2 heterocycles. The van der Waals surface area contributed by atoms with Gasteiger partial charge in [-0.2, -0.15) is 6.07 Å². The van der Waals surface area contributed by atoms with Crippen molar-refractivity contribution in [3.63, 3.8) is 0 Å². The van der Waals surface area contributed by atoms with Crippen LogP contribution in [0.15, 0.2) is 41.5 Å². The minimum atomic E-state index is -0.0809. The molecule has 2 aromatic heterocycles. The Morgan fingerprint density at radius 3 is 2.81 bits per heavy atom. The van der Waals surface area contributed by atoms with Crippen molar-refractivity contribution in [2.75, 3.05) is 0 Å². The van der Waals surface area contributed by atoms with Crippen LogP contribution < -0.4 is 5.56 Å². The standard InChI is InChI=1S/C12H11N2O.Y/c1-2-10-6-7-11(13-9-10)14-8-4-3-5-12(14)15;/h3-5,7-9H,2H2,1H3;/q-1;. The van der Waals surface area contributed by atoms with Crippen LogP contribution >= 0.6 is 0 Å². The summed E-state index contributed by atoms with van der Waals surface area (Å²) < 4.78 is 1.50. The molecule has 0 N–H and O–H groups in total. The van der Waals surface area contributed by atoms with Crippen LogP contribution in [0.5, 0.6) is 0 Å². The number of rotatable bonds is 2. The zero-order valence-electron chi connectivity index (χ0n) is 9.05. The summed E-state index contributed by atoms with van der Waals surface area (Å²) >= 11 is 0. The summed E-state index contributed by atoms with van der Waals surface area (Å²) in [6.45, 7) is 2.04. The van der Waals surface area contributed by atoms with E-state index < -0.39 is 0 Å². The Labute approximate surface area is 119 Å². The molecule has 2 rings (SSSR count). The Kier molecular flexibility index (Phi) is 5.03. The van der Waals surface area contributed by atoms with Crippen molar-refractivity contribution >= 4 is 0 Å². The van der Waals surface area contributed by atoms with E-state index in [9.17, 15) is 4.79 Å². The number of pyridine rings is 2. The maximum atomic E-state index is 11.5. The van der Waals surface area contributed by atoms with E-state index in [-0.39, 0.29) is 38.3 Å². The Hall–Kier alpha value is -0.796. The first-order valence-electron chi connectivity index (χ1n) is 4.86. The summed E-state index contributed by atoms with van der Waals surface area (Å²) in [6, 6.07) is 9.85. The van der Waals surface area contributed by atoms with E-state index in [0.29, 0.717) is 5.82 Å². The van der Waals surface area contributed by atoms with Gasteiger partial charge < -0.3 is 9.55 Å². The average Bonchev–Trinajstić information content (AvgIpc) is 2.30. The monoisotopic (exact) mass is 288 g/mol. The van der Waals surface area contributed by atoms with Gasteiger partial charge in [-0.25, -0.2) is 0 Å². The van der Waals surface area contributed by atoms with Crippen molar-refractivity contribution in [3.8, 4) is 5.82 Å². The van der Waals surface area contributed by atoms with Crippen molar-refractivity contribution < 1.29 is 32.7 Å². The fourth-order valence-corrected chi connectivity index (χ4v) is 1.32. The third-order valence-corrected chi connectivity index (χ3v) is 2.19. The second kappa shape index (κ2) is 6.07. The molecule has 79 valence electrons. The molecule has 0 aliphatic carbocycles. The van der Waals surface area contributed by atoms with Gasteiger partial charge in [-0.05, 0) is 6.07 Å². The van der Waals surface area contributed by atoms with Gasteiger partial charge in [0.25, 0.3) is 0 Å². The smallest absolute Gasteiger partial charge is 0.245 e. The molecule has 2 aromatic rings. The van der Waals surface area contributed by atoms with Crippen molar-refractivity contribution in [3.05, 3.63) is 58.6 Å². The first-order valence-corrected chi connectivity index (χ1v) is 4.86. The molecule has 1 radical (unpaired) electrons. The fraction of sp³-hybridized carbons (Fsp3) is 0.167. The number of aryl methyl sites for hydroxylation is 1. The number of hydrogen-bond donors (Lipinski definition) is 0. The third kappa shape index (κ3) is 2.86. The van der Waals surface area contributed by atoms with E-state index in [1.165, 1.54) is 10.6 Å². The van der Waals surface area contributed by atoms with Crippen LogP contribution in [0.2, 0.25) is 0 Å². The zero-order valence-corrected chi connectivity index (χ0v) is 11.9. The van der Waals surface area contributed by atoms with E-state index in [1.54, 1.807) is 30.6 Å². The summed E-state index contributed by atoms with van der Waals surface area (Å²) in [4.78, 5) is 15.7. The second-order valence-corrected chi connectivity index (χ2v) is 3.19. The normalized spacial score (nSPS) is 9.56. The van der Waals surface area contributed by atoms with Gasteiger partial charge in [0.15, 0.2) is 0 Å². The van der Waals surface area contributed by atoms with Crippen LogP contribution in [0.1, 0.15) is 12.5 Å². The molecule has 0 aliphatic rings. The molecule has 0 spiro atoms. The molecule has 0 aliphatic heterocycles. The number of aromatic nitrogens is 2. The van der Waals surface area contributed by atoms with E-state index in [2.05, 4.69) is 11.1 Å². The van der Waals surface area contributed by atoms with E-state index >= 15 is 0 Å². The maximum Gasteiger partial charge on any atom is 0.245 e. The summed E-state index contributed by atoms with van der Waals surface area (Å²) in [5, 5.41) is 0. The number of hydrogen-bond acceptors (Lipinski definition) is 2. The summed E-state index contributed by atoms with van der Waals surface area (Å²) in [7, 11) is 0. The van der Waals surface area contributed by atoms with Crippen molar-refractivity contribution in [2.45, 2.75) is 13.3 Å². The summed E-state index contributed by atoms with van der Waals surface area (Å²) in [5.41, 5.74) is 0.963. The molecule has 16 heavy (non-hydrogen) atoms. The minimum Gasteiger partial charge on any atom is -0.367 e. The summed E-state index contributed by atoms with van der Waals surface area (Å²) in [5.74, 6) is 0.609. The Morgan fingerprint density at radius 2 is 2.25 bits per heavy atom. The molecular formula is C12H11N2OY-. The molecule has 0 aromatic carbocycles. The molecule has 3 nitrogen and oxygen atoms in total. The largest absolute Gasteiger partial charge is 0.367 e. The molecule has 0 saturated heterocycles. The Bertz CT molecular complexity index is 505. The molecule has 0 fully saturated rings. The fourth-order valence-electron chi connectivity index (χ4n) is 1.32. The molecule has 0 saturated carbocycles. The molecule has 0 amide bonds. The zero-order chi connectivity index (χ0) is 10.7. The van der Waals surface area contributed by atoms with Crippen molar-refractivity contribution in [1.82, 2.24) is 9.55 Å². The third-order valence-electron chi connectivity index (χ3n) is 2.19. The van der Waals surface area contributed by atoms with Gasteiger partial charge in [0.05, 0.1) is 0 Å². The average molecular weight is 288 g/mol. The SMILES string of the molecule is CCc1[c-]cc(-n2ccccc2=O)nc1.[Y]. The van der Waals surface area contributed by atoms with Crippen LogP contribution in [0.25, 0.3) is 5.82 Å². The van der Waals surface area contributed by atoms with Gasteiger partial charge in [-0.15, -0.1) is 11.6 Å². The van der Waals surface area contributed by atoms with Gasteiger partial charge >= 0.3 is 0 Å². The van der Waals surface area contributed by atoms with E-state index in [4.69, 9.17) is 0 Å². The van der Waals surface area contributed by atoms with Crippen LogP contribution in [-0.4, -0.2) is 9.55 Å². The van der Waals surface area contributed by atoms with E-state index in [0.717, 1.165) is 12.0 Å². The van der Waals surface area contributed by atoms with Gasteiger partial charge in [-0.3, -0.25) is 4.79 Å². The van der Waals surface area contributed by atoms with Gasteiger partial charge in [0.1, 0.15) is 0 Å². The minimum absolute atomic E-state index is 0. The first kappa shape index (κ1) is 13.3. The number of nitrogens with zero attached hydrogens (tertiary/aromatic N) is 2. The Morgan fingerprint density at radius 1 is 1.44 bits per heavy atom. The maximum absolute atomic E-state index is 11.5. The first-order chi connectivity index (χ1) is 7.31. The molecule has 0 unspecified atom stereocenters. The van der Waals surface area contributed by atoms with E-state index in [1.807, 2.05) is 6.92 Å². The van der Waals surface area contributed by atoms with Crippen molar-refractivity contribution in [2.24, 2.45) is 0 Å². The van der Waals surface area contributed by atoms with Gasteiger partial charge in [-0.1, -0.05) is 25.6 Å². The Balaban J connectivity index is 0.00000128.